The molecule has 6 rings (SSSR count). The lowest BCUT2D eigenvalue weighted by molar-refractivity contribution is -0.255. The van der Waals surface area contributed by atoms with Gasteiger partial charge in [-0.05, 0) is 105 Å². The molecule has 0 aromatic heterocycles. The normalized spacial score (nSPS) is 60.3. The van der Waals surface area contributed by atoms with Crippen LogP contribution < -0.4 is 0 Å². The van der Waals surface area contributed by atoms with E-state index in [9.17, 15) is 0 Å². The molecule has 6 aliphatic rings. The van der Waals surface area contributed by atoms with Gasteiger partial charge in [0.05, 0.1) is 12.2 Å². The zero-order valence-electron chi connectivity index (χ0n) is 21.2. The predicted molar refractivity (Wildman–Crippen MR) is 127 cm³/mol. The third kappa shape index (κ3) is 2.83. The molecule has 0 aromatic rings. The molecule has 0 unspecified atom stereocenters. The van der Waals surface area contributed by atoms with E-state index < -0.39 is 5.79 Å². The number of hydrogen-bond donors (Lipinski definition) is 0. The van der Waals surface area contributed by atoms with E-state index in [1.807, 2.05) is 0 Å². The minimum atomic E-state index is -0.468. The van der Waals surface area contributed by atoms with Crippen LogP contribution in [0.2, 0.25) is 0 Å². The summed E-state index contributed by atoms with van der Waals surface area (Å²) < 4.78 is 19.9. The predicted octanol–water partition coefficient (Wildman–Crippen LogP) is 6.88. The van der Waals surface area contributed by atoms with Crippen LogP contribution >= 0.6 is 0 Å². The highest BCUT2D eigenvalue weighted by Gasteiger charge is 2.67. The van der Waals surface area contributed by atoms with Gasteiger partial charge >= 0.3 is 0 Å². The van der Waals surface area contributed by atoms with Crippen molar-refractivity contribution in [2.24, 2.45) is 46.3 Å². The van der Waals surface area contributed by atoms with Crippen LogP contribution in [0, 0.1) is 46.3 Å². The van der Waals surface area contributed by atoms with E-state index in [-0.39, 0.29) is 18.5 Å². The summed E-state index contributed by atoms with van der Waals surface area (Å²) in [6.45, 7) is 18.7. The Labute approximate surface area is 195 Å². The first kappa shape index (κ1) is 21.9. The molecule has 0 aromatic carbocycles. The fourth-order valence-electron chi connectivity index (χ4n) is 9.52. The van der Waals surface area contributed by atoms with Crippen LogP contribution in [0.1, 0.15) is 86.5 Å². The molecule has 2 aliphatic heterocycles. The third-order valence-corrected chi connectivity index (χ3v) is 11.4. The molecule has 1 spiro atoms. The molecule has 178 valence electrons. The maximum atomic E-state index is 6.73. The van der Waals surface area contributed by atoms with E-state index in [1.165, 1.54) is 43.3 Å². The molecule has 0 radical (unpaired) electrons. The van der Waals surface area contributed by atoms with E-state index in [4.69, 9.17) is 14.2 Å². The van der Waals surface area contributed by atoms with E-state index in [1.54, 1.807) is 0 Å². The molecular weight excluding hydrogens is 396 g/mol. The van der Waals surface area contributed by atoms with Gasteiger partial charge in [0.2, 0.25) is 0 Å². The van der Waals surface area contributed by atoms with Crippen molar-refractivity contribution in [2.45, 2.75) is 111 Å². The first-order valence-corrected chi connectivity index (χ1v) is 13.4. The summed E-state index contributed by atoms with van der Waals surface area (Å²) in [5, 5.41) is 0. The molecule has 32 heavy (non-hydrogen) atoms. The van der Waals surface area contributed by atoms with Gasteiger partial charge in [0.1, 0.15) is 0 Å². The number of rotatable bonds is 1. The smallest absolute Gasteiger partial charge is 0.184 e. The van der Waals surface area contributed by atoms with Crippen LogP contribution in [-0.4, -0.2) is 24.3 Å². The summed E-state index contributed by atoms with van der Waals surface area (Å²) in [6, 6.07) is 0. The second kappa shape index (κ2) is 6.95. The average molecular weight is 441 g/mol. The molecule has 4 aliphatic carbocycles. The fourth-order valence-corrected chi connectivity index (χ4v) is 9.52. The zero-order chi connectivity index (χ0) is 22.6. The van der Waals surface area contributed by atoms with Gasteiger partial charge in [-0.3, -0.25) is 0 Å². The van der Waals surface area contributed by atoms with Crippen LogP contribution in [0.15, 0.2) is 23.8 Å². The molecular formula is C29H44O3. The standard InChI is InChI=1S/C29H44O3/c1-16(2)20-10-11-27(6)12-13-28(7)15-22-17(3)14-29-24(22)21(8-9-23(28)25(20)27)26(32-29)30-18(4)19(5)31-29/h8,17-20,22-26H,1,9-15H2,2-7H3/b21-8+/t17-,18+,19+,20+,22-,23-,24-,25-,26-,27-,28+,29+/m0/s1. The Kier molecular flexibility index (Phi) is 4.75. The largest absolute Gasteiger partial charge is 0.343 e. The summed E-state index contributed by atoms with van der Waals surface area (Å²) in [4.78, 5) is 0. The first-order chi connectivity index (χ1) is 15.1. The van der Waals surface area contributed by atoms with Gasteiger partial charge in [0.15, 0.2) is 12.1 Å². The Bertz CT molecular complexity index is 847. The van der Waals surface area contributed by atoms with Gasteiger partial charge in [-0.15, -0.1) is 0 Å². The van der Waals surface area contributed by atoms with Crippen molar-refractivity contribution in [2.75, 3.05) is 0 Å². The molecule has 3 heteroatoms. The minimum absolute atomic E-state index is 0.0619. The minimum Gasteiger partial charge on any atom is -0.343 e. The van der Waals surface area contributed by atoms with Gasteiger partial charge in [0, 0.05) is 12.3 Å². The van der Waals surface area contributed by atoms with Crippen LogP contribution in [0.25, 0.3) is 0 Å². The number of fused-ring (bicyclic) bond motifs is 5. The van der Waals surface area contributed by atoms with Crippen molar-refractivity contribution in [3.05, 3.63) is 23.8 Å². The van der Waals surface area contributed by atoms with Crippen molar-refractivity contribution in [3.63, 3.8) is 0 Å². The fraction of sp³-hybridized carbons (Fsp3) is 0.862. The summed E-state index contributed by atoms with van der Waals surface area (Å²) >= 11 is 0. The maximum Gasteiger partial charge on any atom is 0.184 e. The van der Waals surface area contributed by atoms with E-state index >= 15 is 0 Å². The molecule has 0 N–H and O–H groups in total. The van der Waals surface area contributed by atoms with Gasteiger partial charge in [0.25, 0.3) is 0 Å². The van der Waals surface area contributed by atoms with Crippen LogP contribution in [0.4, 0.5) is 0 Å². The lowest BCUT2D eigenvalue weighted by Crippen LogP contribution is -2.49. The molecule has 2 saturated heterocycles. The third-order valence-electron chi connectivity index (χ3n) is 11.4. The van der Waals surface area contributed by atoms with Crippen molar-refractivity contribution < 1.29 is 14.2 Å². The Morgan fingerprint density at radius 2 is 1.75 bits per heavy atom. The molecule has 5 fully saturated rings. The average Bonchev–Trinajstić information content (AvgIpc) is 3.24. The quantitative estimate of drug-likeness (QED) is 0.416. The van der Waals surface area contributed by atoms with Crippen LogP contribution in [-0.2, 0) is 14.2 Å². The topological polar surface area (TPSA) is 27.7 Å². The first-order valence-electron chi connectivity index (χ1n) is 13.4. The summed E-state index contributed by atoms with van der Waals surface area (Å²) in [7, 11) is 0. The monoisotopic (exact) mass is 440 g/mol. The highest BCUT2D eigenvalue weighted by atomic mass is 16.8. The molecule has 3 saturated carbocycles. The van der Waals surface area contributed by atoms with E-state index in [2.05, 4.69) is 54.2 Å². The van der Waals surface area contributed by atoms with Gasteiger partial charge in [-0.2, -0.15) is 0 Å². The van der Waals surface area contributed by atoms with Gasteiger partial charge < -0.3 is 14.2 Å². The van der Waals surface area contributed by atoms with Crippen LogP contribution in [0.3, 0.4) is 0 Å². The molecule has 2 bridgehead atoms. The Morgan fingerprint density at radius 1 is 1.00 bits per heavy atom. The zero-order valence-corrected chi connectivity index (χ0v) is 21.2. The molecule has 3 nitrogen and oxygen atoms in total. The van der Waals surface area contributed by atoms with Crippen molar-refractivity contribution in [1.82, 2.24) is 0 Å². The van der Waals surface area contributed by atoms with Crippen molar-refractivity contribution >= 4 is 0 Å². The summed E-state index contributed by atoms with van der Waals surface area (Å²) in [6.07, 6.45) is 11.4. The lowest BCUT2D eigenvalue weighted by Gasteiger charge is -2.56. The highest BCUT2D eigenvalue weighted by Crippen LogP contribution is 2.69. The summed E-state index contributed by atoms with van der Waals surface area (Å²) in [5.74, 6) is 3.31. The van der Waals surface area contributed by atoms with Crippen molar-refractivity contribution in [3.8, 4) is 0 Å². The molecule has 12 atom stereocenters. The van der Waals surface area contributed by atoms with E-state index in [0.29, 0.717) is 34.5 Å². The molecule has 2 heterocycles. The van der Waals surface area contributed by atoms with Gasteiger partial charge in [-0.1, -0.05) is 39.0 Å². The van der Waals surface area contributed by atoms with Crippen LogP contribution in [0.5, 0.6) is 0 Å². The lowest BCUT2D eigenvalue weighted by atomic mass is 9.49. The number of ether oxygens (including phenoxy) is 3. The SMILES string of the molecule is C=C(C)[C@H]1CC[C@@]2(C)CC[C@]3(C)C[C@H]4[C@@H](C)C[C@]56O[C@H](O[C@H](C)[C@@H](C)O5)/C(=C/C[C@H]3[C@H]12)[C@@H]46. The highest BCUT2D eigenvalue weighted by molar-refractivity contribution is 5.27. The number of hydrogen-bond acceptors (Lipinski definition) is 3. The van der Waals surface area contributed by atoms with Gasteiger partial charge in [-0.25, -0.2) is 0 Å². The number of allylic oxidation sites excluding steroid dienone is 2. The summed E-state index contributed by atoms with van der Waals surface area (Å²) in [5.41, 5.74) is 3.70. The second-order valence-corrected chi connectivity index (χ2v) is 13.3. The van der Waals surface area contributed by atoms with Crippen molar-refractivity contribution in [1.29, 1.82) is 0 Å². The maximum absolute atomic E-state index is 6.73. The second-order valence-electron chi connectivity index (χ2n) is 13.3. The van der Waals surface area contributed by atoms with E-state index in [0.717, 1.165) is 24.7 Å². The Hall–Kier alpha value is -0.640. The Morgan fingerprint density at radius 3 is 2.50 bits per heavy atom. The molecule has 0 amide bonds. The Balaban J connectivity index is 1.44.